The first-order valence-electron chi connectivity index (χ1n) is 5.05. The number of carboxylic acid groups (broad SMARTS) is 1. The lowest BCUT2D eigenvalue weighted by molar-refractivity contribution is -0.158. The van der Waals surface area contributed by atoms with Crippen molar-refractivity contribution in [1.82, 2.24) is 4.90 Å². The molecule has 0 aliphatic carbocycles. The first kappa shape index (κ1) is 13.4. The summed E-state index contributed by atoms with van der Waals surface area (Å²) >= 11 is 0. The van der Waals surface area contributed by atoms with Crippen LogP contribution in [0.15, 0.2) is 0 Å². The SMILES string of the molecule is CCC(C)N(CC)CC(C)(O)C(=O)O. The molecule has 4 nitrogen and oxygen atoms in total. The molecule has 84 valence electrons. The molecule has 0 fully saturated rings. The number of rotatable bonds is 6. The van der Waals surface area contributed by atoms with E-state index in [4.69, 9.17) is 5.11 Å². The standard InChI is InChI=1S/C10H21NO3/c1-5-8(3)11(6-2)7-10(4,14)9(12)13/h8,14H,5-7H2,1-4H3,(H,12,13). The minimum Gasteiger partial charge on any atom is -0.479 e. The van der Waals surface area contributed by atoms with Crippen LogP contribution < -0.4 is 0 Å². The van der Waals surface area contributed by atoms with Gasteiger partial charge >= 0.3 is 5.97 Å². The van der Waals surface area contributed by atoms with Crippen molar-refractivity contribution >= 4 is 5.97 Å². The number of hydrogen-bond donors (Lipinski definition) is 2. The molecule has 0 rings (SSSR count). The summed E-state index contributed by atoms with van der Waals surface area (Å²) in [6.07, 6.45) is 0.948. The van der Waals surface area contributed by atoms with Crippen molar-refractivity contribution in [3.05, 3.63) is 0 Å². The van der Waals surface area contributed by atoms with E-state index in [1.807, 2.05) is 25.7 Å². The monoisotopic (exact) mass is 203 g/mol. The lowest BCUT2D eigenvalue weighted by Gasteiger charge is -2.32. The predicted molar refractivity (Wildman–Crippen MR) is 55.3 cm³/mol. The van der Waals surface area contributed by atoms with Gasteiger partial charge in [0.15, 0.2) is 5.60 Å². The van der Waals surface area contributed by atoms with Crippen molar-refractivity contribution in [2.24, 2.45) is 0 Å². The average Bonchev–Trinajstić information content (AvgIpc) is 2.12. The van der Waals surface area contributed by atoms with E-state index < -0.39 is 11.6 Å². The zero-order valence-electron chi connectivity index (χ0n) is 9.45. The fourth-order valence-electron chi connectivity index (χ4n) is 1.30. The number of aliphatic hydroxyl groups is 1. The summed E-state index contributed by atoms with van der Waals surface area (Å²) < 4.78 is 0. The van der Waals surface area contributed by atoms with Gasteiger partial charge in [-0.2, -0.15) is 0 Å². The molecule has 0 saturated heterocycles. The average molecular weight is 203 g/mol. The third-order valence-corrected chi connectivity index (χ3v) is 2.59. The number of hydrogen-bond acceptors (Lipinski definition) is 3. The van der Waals surface area contributed by atoms with Gasteiger partial charge in [-0.05, 0) is 26.8 Å². The second-order valence-corrected chi connectivity index (χ2v) is 3.90. The van der Waals surface area contributed by atoms with E-state index in [1.54, 1.807) is 0 Å². The molecule has 2 unspecified atom stereocenters. The highest BCUT2D eigenvalue weighted by molar-refractivity contribution is 5.76. The van der Waals surface area contributed by atoms with E-state index in [1.165, 1.54) is 6.92 Å². The Balaban J connectivity index is 4.38. The minimum atomic E-state index is -1.65. The molecule has 0 amide bonds. The Morgan fingerprint density at radius 1 is 1.50 bits per heavy atom. The highest BCUT2D eigenvalue weighted by Gasteiger charge is 2.32. The van der Waals surface area contributed by atoms with Gasteiger partial charge in [-0.15, -0.1) is 0 Å². The summed E-state index contributed by atoms with van der Waals surface area (Å²) in [6.45, 7) is 8.29. The van der Waals surface area contributed by atoms with Crippen molar-refractivity contribution in [1.29, 1.82) is 0 Å². The highest BCUT2D eigenvalue weighted by atomic mass is 16.4. The van der Waals surface area contributed by atoms with E-state index >= 15 is 0 Å². The van der Waals surface area contributed by atoms with Crippen molar-refractivity contribution in [3.8, 4) is 0 Å². The fourth-order valence-corrected chi connectivity index (χ4v) is 1.30. The maximum absolute atomic E-state index is 10.7. The topological polar surface area (TPSA) is 60.8 Å². The Morgan fingerprint density at radius 3 is 2.29 bits per heavy atom. The van der Waals surface area contributed by atoms with Gasteiger partial charge in [0, 0.05) is 12.6 Å². The van der Waals surface area contributed by atoms with Crippen LogP contribution in [-0.4, -0.2) is 45.8 Å². The summed E-state index contributed by atoms with van der Waals surface area (Å²) in [5, 5.41) is 18.4. The molecule has 4 heteroatoms. The lowest BCUT2D eigenvalue weighted by Crippen LogP contribution is -2.49. The van der Waals surface area contributed by atoms with E-state index in [9.17, 15) is 9.90 Å². The van der Waals surface area contributed by atoms with Crippen LogP contribution in [0.3, 0.4) is 0 Å². The van der Waals surface area contributed by atoms with Crippen molar-refractivity contribution in [2.75, 3.05) is 13.1 Å². The third kappa shape index (κ3) is 3.64. The number of carbonyl (C=O) groups is 1. The molecule has 2 N–H and O–H groups in total. The summed E-state index contributed by atoms with van der Waals surface area (Å²) in [5.41, 5.74) is -1.65. The van der Waals surface area contributed by atoms with Crippen molar-refractivity contribution in [2.45, 2.75) is 45.8 Å². The zero-order valence-corrected chi connectivity index (χ0v) is 9.45. The molecule has 0 saturated carbocycles. The van der Waals surface area contributed by atoms with Gasteiger partial charge in [0.05, 0.1) is 0 Å². The molecule has 0 spiro atoms. The van der Waals surface area contributed by atoms with E-state index in [0.29, 0.717) is 6.04 Å². The maximum Gasteiger partial charge on any atom is 0.336 e. The lowest BCUT2D eigenvalue weighted by atomic mass is 10.1. The first-order chi connectivity index (χ1) is 6.35. The van der Waals surface area contributed by atoms with Gasteiger partial charge in [-0.3, -0.25) is 4.90 Å². The second kappa shape index (κ2) is 5.32. The van der Waals surface area contributed by atoms with Crippen LogP contribution in [0.1, 0.15) is 34.1 Å². The molecule has 0 aliphatic rings. The van der Waals surface area contributed by atoms with Crippen LogP contribution in [0.5, 0.6) is 0 Å². The van der Waals surface area contributed by atoms with Crippen LogP contribution in [0, 0.1) is 0 Å². The van der Waals surface area contributed by atoms with Crippen LogP contribution in [0.25, 0.3) is 0 Å². The number of carboxylic acids is 1. The Bertz CT molecular complexity index is 192. The van der Waals surface area contributed by atoms with Gasteiger partial charge in [-0.1, -0.05) is 13.8 Å². The van der Waals surface area contributed by atoms with Gasteiger partial charge in [0.1, 0.15) is 0 Å². The molecular formula is C10H21NO3. The summed E-state index contributed by atoms with van der Waals surface area (Å²) in [5.74, 6) is -1.17. The summed E-state index contributed by atoms with van der Waals surface area (Å²) in [7, 11) is 0. The third-order valence-electron chi connectivity index (χ3n) is 2.59. The summed E-state index contributed by atoms with van der Waals surface area (Å²) in [6, 6.07) is 0.297. The van der Waals surface area contributed by atoms with Gasteiger partial charge in [0.2, 0.25) is 0 Å². The number of aliphatic carboxylic acids is 1. The van der Waals surface area contributed by atoms with Crippen molar-refractivity contribution in [3.63, 3.8) is 0 Å². The van der Waals surface area contributed by atoms with Crippen molar-refractivity contribution < 1.29 is 15.0 Å². The molecule has 0 aromatic carbocycles. The molecule has 0 heterocycles. The Labute approximate surface area is 85.5 Å². The Hall–Kier alpha value is -0.610. The zero-order chi connectivity index (χ0) is 11.4. The molecule has 0 aromatic heterocycles. The Morgan fingerprint density at radius 2 is 2.00 bits per heavy atom. The van der Waals surface area contributed by atoms with Gasteiger partial charge < -0.3 is 10.2 Å². The smallest absolute Gasteiger partial charge is 0.336 e. The molecule has 0 radical (unpaired) electrons. The fraction of sp³-hybridized carbons (Fsp3) is 0.900. The van der Waals surface area contributed by atoms with Crippen LogP contribution >= 0.6 is 0 Å². The summed E-state index contributed by atoms with van der Waals surface area (Å²) in [4.78, 5) is 12.7. The van der Waals surface area contributed by atoms with Gasteiger partial charge in [0.25, 0.3) is 0 Å². The molecule has 14 heavy (non-hydrogen) atoms. The van der Waals surface area contributed by atoms with Gasteiger partial charge in [-0.25, -0.2) is 4.79 Å². The molecule has 0 bridgehead atoms. The highest BCUT2D eigenvalue weighted by Crippen LogP contribution is 2.11. The molecule has 0 aromatic rings. The predicted octanol–water partition coefficient (Wildman–Crippen LogP) is 0.942. The van der Waals surface area contributed by atoms with E-state index in [-0.39, 0.29) is 6.54 Å². The normalized spacial score (nSPS) is 17.9. The largest absolute Gasteiger partial charge is 0.479 e. The van der Waals surface area contributed by atoms with Crippen LogP contribution in [-0.2, 0) is 4.79 Å². The Kier molecular flexibility index (Phi) is 5.08. The number of likely N-dealkylation sites (N-methyl/N-ethyl adjacent to an activating group) is 1. The molecular weight excluding hydrogens is 182 g/mol. The van der Waals surface area contributed by atoms with E-state index in [0.717, 1.165) is 13.0 Å². The molecule has 0 aliphatic heterocycles. The number of nitrogens with zero attached hydrogens (tertiary/aromatic N) is 1. The maximum atomic E-state index is 10.7. The molecule has 2 atom stereocenters. The minimum absolute atomic E-state index is 0.174. The first-order valence-corrected chi connectivity index (χ1v) is 5.05. The van der Waals surface area contributed by atoms with Crippen LogP contribution in [0.4, 0.5) is 0 Å². The van der Waals surface area contributed by atoms with E-state index in [2.05, 4.69) is 0 Å². The quantitative estimate of drug-likeness (QED) is 0.674. The second-order valence-electron chi connectivity index (χ2n) is 3.90. The van der Waals surface area contributed by atoms with Crippen LogP contribution in [0.2, 0.25) is 0 Å².